The Hall–Kier alpha value is -2.98. The van der Waals surface area contributed by atoms with Gasteiger partial charge in [-0.1, -0.05) is 42.1 Å². The zero-order valence-corrected chi connectivity index (χ0v) is 20.5. The van der Waals surface area contributed by atoms with E-state index in [9.17, 15) is 13.6 Å². The van der Waals surface area contributed by atoms with Crippen LogP contribution in [0.4, 0.5) is 8.78 Å². The van der Waals surface area contributed by atoms with Crippen LogP contribution in [0.2, 0.25) is 0 Å². The molecule has 2 aromatic rings. The molecule has 0 bridgehead atoms. The molecule has 10 heteroatoms. The fraction of sp³-hybridized carbons (Fsp3) is 0.375. The standard InChI is InChI=1S/C24H29F2N5O2S/c1-16(33-4)22(32)31-24(17-9-6-5-7-10-17,13-8-14-28-23(27)30(2)3)34-21(29-31)19-15-18(25)11-12-20(19)26/h5-7,9-12,15-16H,8,13-14H2,1-4H3,(H2,27,28)/t16-,24?/m0/s1. The SMILES string of the molecule is CO[C@@H](C)C(=O)N1N=C(c2cc(F)ccc2F)SC1(CCCN=C(N)N(C)C)c1ccccc1. The number of thioether (sulfide) groups is 1. The van der Waals surface area contributed by atoms with Crippen molar-refractivity contribution in [3.05, 3.63) is 71.3 Å². The lowest BCUT2D eigenvalue weighted by Crippen LogP contribution is -2.45. The first-order valence-corrected chi connectivity index (χ1v) is 11.6. The Morgan fingerprint density at radius 1 is 1.26 bits per heavy atom. The van der Waals surface area contributed by atoms with Gasteiger partial charge in [0.15, 0.2) is 5.96 Å². The van der Waals surface area contributed by atoms with Gasteiger partial charge >= 0.3 is 0 Å². The van der Waals surface area contributed by atoms with Crippen LogP contribution in [0.1, 0.15) is 30.9 Å². The highest BCUT2D eigenvalue weighted by Gasteiger charge is 2.49. The average molecular weight is 490 g/mol. The van der Waals surface area contributed by atoms with E-state index in [0.29, 0.717) is 25.3 Å². The number of guanidine groups is 1. The van der Waals surface area contributed by atoms with Crippen LogP contribution >= 0.6 is 11.8 Å². The number of hydrogen-bond acceptors (Lipinski definition) is 5. The molecule has 7 nitrogen and oxygen atoms in total. The molecule has 0 saturated carbocycles. The molecule has 0 aromatic heterocycles. The molecule has 1 unspecified atom stereocenters. The lowest BCUT2D eigenvalue weighted by atomic mass is 9.99. The van der Waals surface area contributed by atoms with Gasteiger partial charge in [-0.25, -0.2) is 13.8 Å². The zero-order valence-electron chi connectivity index (χ0n) is 19.7. The lowest BCUT2D eigenvalue weighted by Gasteiger charge is -2.36. The van der Waals surface area contributed by atoms with Crippen molar-refractivity contribution in [2.75, 3.05) is 27.7 Å². The summed E-state index contributed by atoms with van der Waals surface area (Å²) in [5.74, 6) is -1.20. The van der Waals surface area contributed by atoms with E-state index < -0.39 is 22.6 Å². The molecule has 0 saturated heterocycles. The Morgan fingerprint density at radius 3 is 2.62 bits per heavy atom. The van der Waals surface area contributed by atoms with E-state index in [4.69, 9.17) is 10.5 Å². The van der Waals surface area contributed by atoms with Crippen molar-refractivity contribution < 1.29 is 18.3 Å². The summed E-state index contributed by atoms with van der Waals surface area (Å²) in [5.41, 5.74) is 6.71. The Balaban J connectivity index is 2.06. The monoisotopic (exact) mass is 489 g/mol. The van der Waals surface area contributed by atoms with Crippen LogP contribution in [0.25, 0.3) is 0 Å². The molecule has 1 amide bonds. The van der Waals surface area contributed by atoms with Crippen molar-refractivity contribution >= 4 is 28.7 Å². The minimum absolute atomic E-state index is 0.000508. The summed E-state index contributed by atoms with van der Waals surface area (Å²) in [4.78, 5) is 18.5. The molecule has 34 heavy (non-hydrogen) atoms. The maximum absolute atomic E-state index is 14.7. The second kappa shape index (κ2) is 11.0. The maximum atomic E-state index is 14.7. The summed E-state index contributed by atoms with van der Waals surface area (Å²) in [6.45, 7) is 2.05. The predicted molar refractivity (Wildman–Crippen MR) is 131 cm³/mol. The third kappa shape index (κ3) is 5.39. The number of hydrazone groups is 1. The van der Waals surface area contributed by atoms with E-state index in [1.807, 2.05) is 30.3 Å². The number of amides is 1. The van der Waals surface area contributed by atoms with E-state index in [1.54, 1.807) is 25.9 Å². The van der Waals surface area contributed by atoms with Gasteiger partial charge in [-0.05, 0) is 43.5 Å². The number of methoxy groups -OCH3 is 1. The molecule has 0 fully saturated rings. The van der Waals surface area contributed by atoms with Gasteiger partial charge in [-0.15, -0.1) is 0 Å². The number of aliphatic imine (C=N–C) groups is 1. The Labute approximate surface area is 202 Å². The molecule has 1 aliphatic rings. The molecular weight excluding hydrogens is 460 g/mol. The Kier molecular flexibility index (Phi) is 8.27. The highest BCUT2D eigenvalue weighted by Crippen LogP contribution is 2.51. The van der Waals surface area contributed by atoms with Crippen molar-refractivity contribution in [1.82, 2.24) is 9.91 Å². The van der Waals surface area contributed by atoms with Crippen molar-refractivity contribution in [2.24, 2.45) is 15.8 Å². The van der Waals surface area contributed by atoms with Crippen molar-refractivity contribution in [3.8, 4) is 0 Å². The third-order valence-electron chi connectivity index (χ3n) is 5.50. The summed E-state index contributed by atoms with van der Waals surface area (Å²) in [5, 5.41) is 6.07. The molecule has 1 aliphatic heterocycles. The quantitative estimate of drug-likeness (QED) is 0.347. The van der Waals surface area contributed by atoms with Crippen LogP contribution in [0, 0.1) is 11.6 Å². The average Bonchev–Trinajstić information content (AvgIpc) is 3.23. The Morgan fingerprint density at radius 2 is 1.97 bits per heavy atom. The maximum Gasteiger partial charge on any atom is 0.273 e. The molecule has 0 aliphatic carbocycles. The second-order valence-corrected chi connectivity index (χ2v) is 9.31. The van der Waals surface area contributed by atoms with Crippen LogP contribution in [-0.4, -0.2) is 60.7 Å². The van der Waals surface area contributed by atoms with Gasteiger partial charge in [0, 0.05) is 33.3 Å². The summed E-state index contributed by atoms with van der Waals surface area (Å²) >= 11 is 1.22. The zero-order chi connectivity index (χ0) is 24.9. The minimum Gasteiger partial charge on any atom is -0.372 e. The first kappa shape index (κ1) is 25.6. The fourth-order valence-corrected chi connectivity index (χ4v) is 4.93. The number of benzene rings is 2. The van der Waals surface area contributed by atoms with Crippen molar-refractivity contribution in [1.29, 1.82) is 0 Å². The van der Waals surface area contributed by atoms with E-state index in [-0.39, 0.29) is 16.5 Å². The number of halogens is 2. The number of carbonyl (C=O) groups excluding carboxylic acids is 1. The second-order valence-electron chi connectivity index (χ2n) is 8.05. The highest BCUT2D eigenvalue weighted by molar-refractivity contribution is 8.15. The molecular formula is C24H29F2N5O2S. The number of hydrogen-bond donors (Lipinski definition) is 1. The van der Waals surface area contributed by atoms with Crippen LogP contribution in [-0.2, 0) is 14.4 Å². The summed E-state index contributed by atoms with van der Waals surface area (Å²) in [6.07, 6.45) is 0.222. The predicted octanol–water partition coefficient (Wildman–Crippen LogP) is 3.75. The van der Waals surface area contributed by atoms with E-state index in [0.717, 1.165) is 23.8 Å². The minimum atomic E-state index is -0.998. The van der Waals surface area contributed by atoms with E-state index >= 15 is 0 Å². The normalized spacial score (nSPS) is 19.2. The van der Waals surface area contributed by atoms with Gasteiger partial charge in [-0.2, -0.15) is 5.10 Å². The summed E-state index contributed by atoms with van der Waals surface area (Å²) < 4.78 is 33.9. The van der Waals surface area contributed by atoms with E-state index in [2.05, 4.69) is 10.1 Å². The summed E-state index contributed by atoms with van der Waals surface area (Å²) in [7, 11) is 5.04. The van der Waals surface area contributed by atoms with Gasteiger partial charge in [0.2, 0.25) is 0 Å². The first-order valence-electron chi connectivity index (χ1n) is 10.8. The van der Waals surface area contributed by atoms with E-state index in [1.165, 1.54) is 23.9 Å². The van der Waals surface area contributed by atoms with Gasteiger partial charge in [0.05, 0.1) is 0 Å². The molecule has 3 rings (SSSR count). The number of carbonyl (C=O) groups is 1. The van der Waals surface area contributed by atoms with Gasteiger partial charge in [0.1, 0.15) is 27.7 Å². The molecule has 0 radical (unpaired) electrons. The molecule has 2 N–H and O–H groups in total. The number of nitrogens with two attached hydrogens (primary N) is 1. The molecule has 2 aromatic carbocycles. The number of rotatable bonds is 8. The molecule has 1 heterocycles. The van der Waals surface area contributed by atoms with Crippen molar-refractivity contribution in [3.63, 3.8) is 0 Å². The topological polar surface area (TPSA) is 83.5 Å². The first-order chi connectivity index (χ1) is 16.2. The number of ether oxygens (including phenoxy) is 1. The van der Waals surface area contributed by atoms with Crippen LogP contribution < -0.4 is 5.73 Å². The van der Waals surface area contributed by atoms with Gasteiger partial charge in [0.25, 0.3) is 5.91 Å². The smallest absolute Gasteiger partial charge is 0.273 e. The largest absolute Gasteiger partial charge is 0.372 e. The van der Waals surface area contributed by atoms with Crippen molar-refractivity contribution in [2.45, 2.75) is 30.7 Å². The van der Waals surface area contributed by atoms with Gasteiger partial charge in [-0.3, -0.25) is 9.79 Å². The Bertz CT molecular complexity index is 1080. The summed E-state index contributed by atoms with van der Waals surface area (Å²) in [6, 6.07) is 12.6. The molecule has 0 spiro atoms. The third-order valence-corrected chi connectivity index (χ3v) is 6.94. The van der Waals surface area contributed by atoms with Crippen LogP contribution in [0.3, 0.4) is 0 Å². The van der Waals surface area contributed by atoms with Gasteiger partial charge < -0.3 is 15.4 Å². The van der Waals surface area contributed by atoms with Crippen LogP contribution in [0.15, 0.2) is 58.6 Å². The fourth-order valence-electron chi connectivity index (χ4n) is 3.50. The van der Waals surface area contributed by atoms with Crippen LogP contribution in [0.5, 0.6) is 0 Å². The molecule has 2 atom stereocenters. The molecule has 182 valence electrons. The lowest BCUT2D eigenvalue weighted by molar-refractivity contribution is -0.144. The highest BCUT2D eigenvalue weighted by atomic mass is 32.2. The number of nitrogens with zero attached hydrogens (tertiary/aromatic N) is 4.